The Kier molecular flexibility index (Phi) is 2.56. The van der Waals surface area contributed by atoms with Gasteiger partial charge < -0.3 is 4.98 Å². The van der Waals surface area contributed by atoms with Gasteiger partial charge in [0.1, 0.15) is 0 Å². The predicted molar refractivity (Wildman–Crippen MR) is 49.4 cm³/mol. The minimum atomic E-state index is -3.26. The van der Waals surface area contributed by atoms with E-state index in [2.05, 4.69) is 4.98 Å². The first kappa shape index (κ1) is 9.98. The maximum absolute atomic E-state index is 11.5. The Balaban J connectivity index is 3.25. The Bertz CT molecular complexity index is 424. The van der Waals surface area contributed by atoms with Crippen molar-refractivity contribution in [3.05, 3.63) is 28.7 Å². The number of aromatic amines is 1. The van der Waals surface area contributed by atoms with Crippen LogP contribution >= 0.6 is 0 Å². The Morgan fingerprint density at radius 3 is 2.31 bits per heavy atom. The van der Waals surface area contributed by atoms with Gasteiger partial charge in [-0.15, -0.1) is 0 Å². The van der Waals surface area contributed by atoms with E-state index in [9.17, 15) is 13.2 Å². The van der Waals surface area contributed by atoms with Gasteiger partial charge in [0.25, 0.3) is 0 Å². The molecule has 0 aromatic carbocycles. The van der Waals surface area contributed by atoms with E-state index in [0.29, 0.717) is 0 Å². The molecule has 0 saturated carbocycles. The second kappa shape index (κ2) is 3.33. The van der Waals surface area contributed by atoms with Gasteiger partial charge in [0.15, 0.2) is 9.84 Å². The lowest BCUT2D eigenvalue weighted by molar-refractivity contribution is 0.587. The molecule has 0 radical (unpaired) electrons. The number of pyridine rings is 1. The molecule has 0 saturated heterocycles. The third-order valence-electron chi connectivity index (χ3n) is 1.70. The standard InChI is InChI=1S/C8H11NO3S/c1-6(2)13(11,12)7-3-4-8(10)9-5-7/h3-6H,1-2H3,(H,9,10). The smallest absolute Gasteiger partial charge is 0.247 e. The summed E-state index contributed by atoms with van der Waals surface area (Å²) in [4.78, 5) is 13.1. The second-order valence-corrected chi connectivity index (χ2v) is 5.49. The highest BCUT2D eigenvalue weighted by atomic mass is 32.2. The Morgan fingerprint density at radius 2 is 1.92 bits per heavy atom. The molecule has 1 rings (SSSR count). The van der Waals surface area contributed by atoms with Crippen molar-refractivity contribution in [3.63, 3.8) is 0 Å². The van der Waals surface area contributed by atoms with Crippen LogP contribution in [0.2, 0.25) is 0 Å². The largest absolute Gasteiger partial charge is 0.328 e. The summed E-state index contributed by atoms with van der Waals surface area (Å²) in [5, 5.41) is -0.474. The maximum atomic E-state index is 11.5. The summed E-state index contributed by atoms with van der Waals surface area (Å²) in [5.41, 5.74) is -0.303. The van der Waals surface area contributed by atoms with Gasteiger partial charge in [-0.1, -0.05) is 0 Å². The van der Waals surface area contributed by atoms with E-state index in [1.165, 1.54) is 18.3 Å². The number of hydrogen-bond donors (Lipinski definition) is 1. The zero-order valence-electron chi connectivity index (χ0n) is 7.44. The van der Waals surface area contributed by atoms with E-state index in [0.717, 1.165) is 0 Å². The number of rotatable bonds is 2. The van der Waals surface area contributed by atoms with E-state index >= 15 is 0 Å². The molecule has 72 valence electrons. The fraction of sp³-hybridized carbons (Fsp3) is 0.375. The van der Waals surface area contributed by atoms with Crippen LogP contribution in [0.15, 0.2) is 28.0 Å². The summed E-state index contributed by atoms with van der Waals surface area (Å²) in [6.07, 6.45) is 1.22. The molecule has 0 unspecified atom stereocenters. The molecule has 5 heteroatoms. The third-order valence-corrected chi connectivity index (χ3v) is 3.86. The molecule has 4 nitrogen and oxygen atoms in total. The van der Waals surface area contributed by atoms with Crippen molar-refractivity contribution < 1.29 is 8.42 Å². The lowest BCUT2D eigenvalue weighted by atomic mass is 10.5. The number of hydrogen-bond acceptors (Lipinski definition) is 3. The van der Waals surface area contributed by atoms with Crippen LogP contribution < -0.4 is 5.56 Å². The van der Waals surface area contributed by atoms with Gasteiger partial charge in [-0.2, -0.15) is 0 Å². The molecule has 0 amide bonds. The van der Waals surface area contributed by atoms with Crippen LogP contribution in [-0.4, -0.2) is 18.7 Å². The first-order valence-corrected chi connectivity index (χ1v) is 5.42. The van der Waals surface area contributed by atoms with Crippen molar-refractivity contribution >= 4 is 9.84 Å². The van der Waals surface area contributed by atoms with E-state index in [1.807, 2.05) is 0 Å². The molecule has 0 bridgehead atoms. The molecular weight excluding hydrogens is 190 g/mol. The van der Waals surface area contributed by atoms with Crippen LogP contribution in [0.5, 0.6) is 0 Å². The monoisotopic (exact) mass is 201 g/mol. The summed E-state index contributed by atoms with van der Waals surface area (Å²) >= 11 is 0. The predicted octanol–water partition coefficient (Wildman–Crippen LogP) is 0.557. The van der Waals surface area contributed by atoms with E-state index in [-0.39, 0.29) is 10.5 Å². The van der Waals surface area contributed by atoms with Gasteiger partial charge in [-0.3, -0.25) is 4.79 Å². The quantitative estimate of drug-likeness (QED) is 0.760. The molecule has 1 N–H and O–H groups in total. The van der Waals surface area contributed by atoms with Crippen LogP contribution in [-0.2, 0) is 9.84 Å². The Hall–Kier alpha value is -1.10. The minimum absolute atomic E-state index is 0.155. The Labute approximate surface area is 76.5 Å². The average molecular weight is 201 g/mol. The van der Waals surface area contributed by atoms with Gasteiger partial charge in [0, 0.05) is 12.3 Å². The fourth-order valence-electron chi connectivity index (χ4n) is 0.845. The summed E-state index contributed by atoms with van der Waals surface area (Å²) in [7, 11) is -3.26. The van der Waals surface area contributed by atoms with Gasteiger partial charge in [-0.05, 0) is 19.9 Å². The normalized spacial score (nSPS) is 11.9. The first-order valence-electron chi connectivity index (χ1n) is 3.87. The fourth-order valence-corrected chi connectivity index (χ4v) is 1.87. The van der Waals surface area contributed by atoms with Crippen molar-refractivity contribution in [2.45, 2.75) is 24.0 Å². The zero-order valence-corrected chi connectivity index (χ0v) is 8.26. The highest BCUT2D eigenvalue weighted by Gasteiger charge is 2.18. The summed E-state index contributed by atoms with van der Waals surface area (Å²) < 4.78 is 23.0. The van der Waals surface area contributed by atoms with Crippen molar-refractivity contribution in [3.8, 4) is 0 Å². The van der Waals surface area contributed by atoms with Crippen molar-refractivity contribution in [1.82, 2.24) is 4.98 Å². The number of H-pyrrole nitrogens is 1. The van der Waals surface area contributed by atoms with Crippen LogP contribution in [0.1, 0.15) is 13.8 Å². The first-order chi connectivity index (χ1) is 5.94. The van der Waals surface area contributed by atoms with Gasteiger partial charge in [0.2, 0.25) is 5.56 Å². The molecule has 13 heavy (non-hydrogen) atoms. The molecule has 0 atom stereocenters. The zero-order chi connectivity index (χ0) is 10.1. The number of nitrogens with one attached hydrogen (secondary N) is 1. The van der Waals surface area contributed by atoms with E-state index in [4.69, 9.17) is 0 Å². The summed E-state index contributed by atoms with van der Waals surface area (Å²) in [6, 6.07) is 2.52. The van der Waals surface area contributed by atoms with Gasteiger partial charge >= 0.3 is 0 Å². The molecule has 0 spiro atoms. The topological polar surface area (TPSA) is 67.0 Å². The number of aromatic nitrogens is 1. The second-order valence-electron chi connectivity index (χ2n) is 2.98. The summed E-state index contributed by atoms with van der Waals surface area (Å²) in [6.45, 7) is 3.20. The highest BCUT2D eigenvalue weighted by molar-refractivity contribution is 7.92. The van der Waals surface area contributed by atoms with E-state index < -0.39 is 15.1 Å². The van der Waals surface area contributed by atoms with E-state index in [1.54, 1.807) is 13.8 Å². The van der Waals surface area contributed by atoms with Gasteiger partial charge in [0.05, 0.1) is 10.1 Å². The molecule has 1 aromatic heterocycles. The molecule has 1 aromatic rings. The minimum Gasteiger partial charge on any atom is -0.328 e. The third kappa shape index (κ3) is 1.98. The molecule has 0 aliphatic rings. The maximum Gasteiger partial charge on any atom is 0.247 e. The Morgan fingerprint density at radius 1 is 1.31 bits per heavy atom. The lowest BCUT2D eigenvalue weighted by Crippen LogP contribution is -2.15. The van der Waals surface area contributed by atoms with Crippen LogP contribution in [0.4, 0.5) is 0 Å². The van der Waals surface area contributed by atoms with Crippen LogP contribution in [0.25, 0.3) is 0 Å². The lowest BCUT2D eigenvalue weighted by Gasteiger charge is -2.05. The van der Waals surface area contributed by atoms with Crippen molar-refractivity contribution in [1.29, 1.82) is 0 Å². The van der Waals surface area contributed by atoms with Crippen molar-refractivity contribution in [2.75, 3.05) is 0 Å². The SMILES string of the molecule is CC(C)S(=O)(=O)c1ccc(=O)[nH]c1. The number of sulfone groups is 1. The highest BCUT2D eigenvalue weighted by Crippen LogP contribution is 2.12. The molecular formula is C8H11NO3S. The molecule has 0 aliphatic carbocycles. The average Bonchev–Trinajstić information content (AvgIpc) is 2.04. The molecule has 0 aliphatic heterocycles. The summed E-state index contributed by atoms with van der Waals surface area (Å²) in [5.74, 6) is 0. The van der Waals surface area contributed by atoms with Crippen LogP contribution in [0, 0.1) is 0 Å². The molecule has 0 fully saturated rings. The van der Waals surface area contributed by atoms with Crippen LogP contribution in [0.3, 0.4) is 0 Å². The molecule has 1 heterocycles. The van der Waals surface area contributed by atoms with Crippen molar-refractivity contribution in [2.24, 2.45) is 0 Å². The van der Waals surface area contributed by atoms with Gasteiger partial charge in [-0.25, -0.2) is 8.42 Å².